The third-order valence-corrected chi connectivity index (χ3v) is 4.14. The zero-order valence-corrected chi connectivity index (χ0v) is 10.6. The van der Waals surface area contributed by atoms with Gasteiger partial charge in [-0.25, -0.2) is 0 Å². The van der Waals surface area contributed by atoms with Crippen molar-refractivity contribution in [3.05, 3.63) is 24.3 Å². The number of ether oxygens (including phenoxy) is 2. The van der Waals surface area contributed by atoms with E-state index in [0.29, 0.717) is 0 Å². The molecule has 0 heterocycles. The van der Waals surface area contributed by atoms with E-state index in [1.165, 1.54) is 0 Å². The van der Waals surface area contributed by atoms with Crippen molar-refractivity contribution in [1.82, 2.24) is 0 Å². The minimum atomic E-state index is 0.0302. The summed E-state index contributed by atoms with van der Waals surface area (Å²) in [6.45, 7) is 4.27. The van der Waals surface area contributed by atoms with Crippen molar-refractivity contribution in [2.24, 2.45) is 5.41 Å². The van der Waals surface area contributed by atoms with Crippen molar-refractivity contribution in [2.75, 3.05) is 7.11 Å². The average molecular weight is 241 g/mol. The number of benzene rings is 1. The molecule has 2 unspecified atom stereocenters. The van der Waals surface area contributed by atoms with E-state index < -0.39 is 0 Å². The van der Waals surface area contributed by atoms with Gasteiger partial charge >= 0.3 is 0 Å². The van der Waals surface area contributed by atoms with Crippen LogP contribution in [0.5, 0.6) is 11.5 Å². The van der Waals surface area contributed by atoms with Crippen molar-refractivity contribution < 1.29 is 9.47 Å². The fraction of sp³-hybridized carbons (Fsp3) is 0.538. The van der Waals surface area contributed by atoms with Crippen LogP contribution in [-0.2, 0) is 0 Å². The highest BCUT2D eigenvalue weighted by molar-refractivity contribution is 6.21. The van der Waals surface area contributed by atoms with Gasteiger partial charge in [-0.3, -0.25) is 0 Å². The summed E-state index contributed by atoms with van der Waals surface area (Å²) in [5.74, 6) is 1.57. The van der Waals surface area contributed by atoms with Crippen LogP contribution in [0.4, 0.5) is 0 Å². The first-order valence-corrected chi connectivity index (χ1v) is 5.93. The van der Waals surface area contributed by atoms with Gasteiger partial charge in [-0.15, -0.1) is 11.6 Å². The maximum absolute atomic E-state index is 6.16. The first-order chi connectivity index (χ1) is 7.55. The normalized spacial score (nSPS) is 27.0. The number of methoxy groups -OCH3 is 1. The van der Waals surface area contributed by atoms with Gasteiger partial charge in [-0.2, -0.15) is 0 Å². The molecular weight excluding hydrogens is 224 g/mol. The van der Waals surface area contributed by atoms with Gasteiger partial charge in [0.2, 0.25) is 0 Å². The third kappa shape index (κ3) is 1.86. The second-order valence-corrected chi connectivity index (χ2v) is 5.31. The van der Waals surface area contributed by atoms with Gasteiger partial charge in [-0.1, -0.05) is 26.0 Å². The number of hydrogen-bond acceptors (Lipinski definition) is 2. The molecule has 2 nitrogen and oxygen atoms in total. The van der Waals surface area contributed by atoms with Crippen molar-refractivity contribution >= 4 is 11.6 Å². The van der Waals surface area contributed by atoms with Crippen LogP contribution in [0.15, 0.2) is 24.3 Å². The lowest BCUT2D eigenvalue weighted by Crippen LogP contribution is -2.53. The van der Waals surface area contributed by atoms with Gasteiger partial charge in [0.25, 0.3) is 0 Å². The molecule has 1 aliphatic rings. The zero-order chi connectivity index (χ0) is 11.8. The molecule has 2 rings (SSSR count). The predicted molar refractivity (Wildman–Crippen MR) is 65.4 cm³/mol. The van der Waals surface area contributed by atoms with Crippen molar-refractivity contribution in [3.63, 3.8) is 0 Å². The molecule has 16 heavy (non-hydrogen) atoms. The monoisotopic (exact) mass is 240 g/mol. The van der Waals surface area contributed by atoms with Crippen molar-refractivity contribution in [2.45, 2.75) is 31.7 Å². The van der Waals surface area contributed by atoms with E-state index in [-0.39, 0.29) is 16.9 Å². The van der Waals surface area contributed by atoms with Gasteiger partial charge in [0.05, 0.1) is 7.11 Å². The molecule has 0 spiro atoms. The summed E-state index contributed by atoms with van der Waals surface area (Å²) in [6.07, 6.45) is 1.07. The fourth-order valence-electron chi connectivity index (χ4n) is 1.91. The zero-order valence-electron chi connectivity index (χ0n) is 9.87. The molecule has 2 atom stereocenters. The van der Waals surface area contributed by atoms with Crippen LogP contribution < -0.4 is 9.47 Å². The second kappa shape index (κ2) is 4.17. The Morgan fingerprint density at radius 2 is 1.88 bits per heavy atom. The van der Waals surface area contributed by atoms with Crippen LogP contribution in [-0.4, -0.2) is 18.6 Å². The van der Waals surface area contributed by atoms with E-state index in [1.54, 1.807) is 7.11 Å². The predicted octanol–water partition coefficient (Wildman–Crippen LogP) is 3.48. The van der Waals surface area contributed by atoms with Crippen molar-refractivity contribution in [1.29, 1.82) is 0 Å². The maximum atomic E-state index is 6.16. The molecule has 1 aromatic carbocycles. The standard InChI is InChI=1S/C13H17ClO2/c1-13(2)11(14)8-12(13)16-10-7-5-4-6-9(10)15-3/h4-7,11-12H,8H2,1-3H3. The number of alkyl halides is 1. The molecule has 1 aromatic rings. The van der Waals surface area contributed by atoms with E-state index in [0.717, 1.165) is 17.9 Å². The lowest BCUT2D eigenvalue weighted by Gasteiger charge is -2.48. The highest BCUT2D eigenvalue weighted by atomic mass is 35.5. The molecule has 0 N–H and O–H groups in total. The topological polar surface area (TPSA) is 18.5 Å². The molecule has 1 saturated carbocycles. The summed E-state index contributed by atoms with van der Waals surface area (Å²) in [7, 11) is 1.65. The lowest BCUT2D eigenvalue weighted by atomic mass is 9.68. The molecule has 1 aliphatic carbocycles. The maximum Gasteiger partial charge on any atom is 0.161 e. The summed E-state index contributed by atoms with van der Waals surface area (Å²) >= 11 is 6.16. The third-order valence-electron chi connectivity index (χ3n) is 3.40. The van der Waals surface area contributed by atoms with E-state index >= 15 is 0 Å². The number of hydrogen-bond donors (Lipinski definition) is 0. The summed E-state index contributed by atoms with van der Waals surface area (Å²) in [4.78, 5) is 0. The highest BCUT2D eigenvalue weighted by Crippen LogP contribution is 2.47. The van der Waals surface area contributed by atoms with Gasteiger partial charge in [0.15, 0.2) is 11.5 Å². The van der Waals surface area contributed by atoms with Gasteiger partial charge in [0, 0.05) is 17.2 Å². The summed E-state index contributed by atoms with van der Waals surface area (Å²) < 4.78 is 11.2. The van der Waals surface area contributed by atoms with Crippen LogP contribution in [0.2, 0.25) is 0 Å². The Morgan fingerprint density at radius 3 is 2.38 bits per heavy atom. The van der Waals surface area contributed by atoms with Gasteiger partial charge < -0.3 is 9.47 Å². The summed E-state index contributed by atoms with van der Waals surface area (Å²) in [5, 5.41) is 0.201. The highest BCUT2D eigenvalue weighted by Gasteiger charge is 2.49. The first kappa shape index (κ1) is 11.6. The van der Waals surface area contributed by atoms with Gasteiger partial charge in [0.1, 0.15) is 6.10 Å². The fourth-order valence-corrected chi connectivity index (χ4v) is 2.21. The van der Waals surface area contributed by atoms with E-state index in [1.807, 2.05) is 24.3 Å². The Hall–Kier alpha value is -0.890. The number of rotatable bonds is 3. The van der Waals surface area contributed by atoms with Crippen LogP contribution in [0, 0.1) is 5.41 Å². The Bertz CT molecular complexity index is 376. The molecule has 3 heteroatoms. The molecule has 1 fully saturated rings. The lowest BCUT2D eigenvalue weighted by molar-refractivity contribution is -0.0144. The molecule has 0 saturated heterocycles. The quantitative estimate of drug-likeness (QED) is 0.754. The van der Waals surface area contributed by atoms with E-state index in [9.17, 15) is 0 Å². The van der Waals surface area contributed by atoms with E-state index in [2.05, 4.69) is 13.8 Å². The average Bonchev–Trinajstić information content (AvgIpc) is 2.29. The molecular formula is C13H17ClO2. The SMILES string of the molecule is COc1ccccc1OC1CC(Cl)C1(C)C. The second-order valence-electron chi connectivity index (χ2n) is 4.78. The molecule has 0 bridgehead atoms. The summed E-state index contributed by atoms with van der Waals surface area (Å²) in [5.41, 5.74) is 0.0302. The minimum Gasteiger partial charge on any atom is -0.493 e. The Balaban J connectivity index is 2.11. The van der Waals surface area contributed by atoms with Crippen LogP contribution in [0.3, 0.4) is 0 Å². The number of para-hydroxylation sites is 2. The Morgan fingerprint density at radius 1 is 1.25 bits per heavy atom. The molecule has 88 valence electrons. The Kier molecular flexibility index (Phi) is 3.02. The number of halogens is 1. The summed E-state index contributed by atoms with van der Waals surface area (Å²) in [6, 6.07) is 7.71. The van der Waals surface area contributed by atoms with Crippen LogP contribution in [0.25, 0.3) is 0 Å². The van der Waals surface area contributed by atoms with Crippen molar-refractivity contribution in [3.8, 4) is 11.5 Å². The van der Waals surface area contributed by atoms with Gasteiger partial charge in [-0.05, 0) is 12.1 Å². The smallest absolute Gasteiger partial charge is 0.161 e. The molecule has 0 amide bonds. The largest absolute Gasteiger partial charge is 0.493 e. The molecule has 0 radical (unpaired) electrons. The van der Waals surface area contributed by atoms with Crippen LogP contribution in [0.1, 0.15) is 20.3 Å². The minimum absolute atomic E-state index is 0.0302. The Labute approximate surface area is 102 Å². The molecule has 0 aromatic heterocycles. The first-order valence-electron chi connectivity index (χ1n) is 5.49. The molecule has 0 aliphatic heterocycles. The van der Waals surface area contributed by atoms with E-state index in [4.69, 9.17) is 21.1 Å². The van der Waals surface area contributed by atoms with Crippen LogP contribution >= 0.6 is 11.6 Å².